The Bertz CT molecular complexity index is 654. The third-order valence-corrected chi connectivity index (χ3v) is 4.11. The van der Waals surface area contributed by atoms with Crippen LogP contribution in [0.15, 0.2) is 24.3 Å². The SMILES string of the molecule is COc1ccc(C(=O)NCCCn2nc(C)c(Cl)c2Cl)cc1. The Morgan fingerprint density at radius 2 is 2.00 bits per heavy atom. The minimum absolute atomic E-state index is 0.122. The molecule has 7 heteroatoms. The topological polar surface area (TPSA) is 56.1 Å². The number of aryl methyl sites for hydroxylation is 2. The Labute approximate surface area is 139 Å². The lowest BCUT2D eigenvalue weighted by molar-refractivity contribution is 0.0952. The first-order valence-corrected chi connectivity index (χ1v) is 7.59. The van der Waals surface area contributed by atoms with Gasteiger partial charge in [0.1, 0.15) is 15.9 Å². The molecule has 5 nitrogen and oxygen atoms in total. The van der Waals surface area contributed by atoms with Gasteiger partial charge in [-0.2, -0.15) is 5.10 Å². The normalized spacial score (nSPS) is 10.5. The van der Waals surface area contributed by atoms with Crippen LogP contribution in [0.25, 0.3) is 0 Å². The van der Waals surface area contributed by atoms with Gasteiger partial charge < -0.3 is 10.1 Å². The highest BCUT2D eigenvalue weighted by Gasteiger charge is 2.11. The fraction of sp³-hybridized carbons (Fsp3) is 0.333. The summed E-state index contributed by atoms with van der Waals surface area (Å²) in [5, 5.41) is 7.99. The van der Waals surface area contributed by atoms with Crippen LogP contribution in [0.3, 0.4) is 0 Å². The predicted octanol–water partition coefficient (Wildman–Crippen LogP) is 3.33. The van der Waals surface area contributed by atoms with Gasteiger partial charge in [0.05, 0.1) is 12.8 Å². The summed E-state index contributed by atoms with van der Waals surface area (Å²) in [4.78, 5) is 12.0. The van der Waals surface area contributed by atoms with Gasteiger partial charge in [-0.05, 0) is 37.6 Å². The number of halogens is 2. The molecule has 0 aliphatic rings. The lowest BCUT2D eigenvalue weighted by Gasteiger charge is -2.07. The van der Waals surface area contributed by atoms with Crippen molar-refractivity contribution in [3.05, 3.63) is 45.7 Å². The summed E-state index contributed by atoms with van der Waals surface area (Å²) in [6.45, 7) is 2.92. The van der Waals surface area contributed by atoms with Crippen LogP contribution in [-0.4, -0.2) is 29.3 Å². The maximum absolute atomic E-state index is 12.0. The van der Waals surface area contributed by atoms with Gasteiger partial charge in [0, 0.05) is 18.7 Å². The number of rotatable bonds is 6. The number of ether oxygens (including phenoxy) is 1. The van der Waals surface area contributed by atoms with E-state index in [1.165, 1.54) is 0 Å². The molecule has 2 rings (SSSR count). The highest BCUT2D eigenvalue weighted by atomic mass is 35.5. The predicted molar refractivity (Wildman–Crippen MR) is 86.9 cm³/mol. The van der Waals surface area contributed by atoms with Crippen LogP contribution >= 0.6 is 23.2 Å². The van der Waals surface area contributed by atoms with Gasteiger partial charge in [-0.1, -0.05) is 23.2 Å². The second-order valence-corrected chi connectivity index (χ2v) is 5.49. The largest absolute Gasteiger partial charge is 0.497 e. The van der Waals surface area contributed by atoms with Gasteiger partial charge in [-0.3, -0.25) is 9.48 Å². The Kier molecular flexibility index (Phi) is 5.69. The molecule has 1 aromatic heterocycles. The van der Waals surface area contributed by atoms with Crippen molar-refractivity contribution in [3.8, 4) is 5.75 Å². The van der Waals surface area contributed by atoms with Crippen molar-refractivity contribution in [3.63, 3.8) is 0 Å². The summed E-state index contributed by atoms with van der Waals surface area (Å²) in [6, 6.07) is 6.95. The van der Waals surface area contributed by atoms with E-state index in [0.29, 0.717) is 40.9 Å². The molecule has 2 aromatic rings. The van der Waals surface area contributed by atoms with E-state index in [1.54, 1.807) is 43.0 Å². The lowest BCUT2D eigenvalue weighted by atomic mass is 10.2. The molecular weight excluding hydrogens is 325 g/mol. The molecule has 0 saturated carbocycles. The summed E-state index contributed by atoms with van der Waals surface area (Å²) in [6.07, 6.45) is 0.707. The maximum Gasteiger partial charge on any atom is 0.251 e. The van der Waals surface area contributed by atoms with Crippen molar-refractivity contribution in [2.45, 2.75) is 19.9 Å². The van der Waals surface area contributed by atoms with E-state index < -0.39 is 0 Å². The second kappa shape index (κ2) is 7.51. The molecule has 22 heavy (non-hydrogen) atoms. The van der Waals surface area contributed by atoms with Crippen LogP contribution < -0.4 is 10.1 Å². The van der Waals surface area contributed by atoms with Crippen molar-refractivity contribution >= 4 is 29.1 Å². The molecule has 0 aliphatic heterocycles. The minimum atomic E-state index is -0.122. The molecule has 0 fully saturated rings. The highest BCUT2D eigenvalue weighted by molar-refractivity contribution is 6.41. The van der Waals surface area contributed by atoms with Crippen LogP contribution in [0, 0.1) is 6.92 Å². The molecular formula is C15H17Cl2N3O2. The molecule has 0 bridgehead atoms. The molecule has 0 spiro atoms. The highest BCUT2D eigenvalue weighted by Crippen LogP contribution is 2.24. The summed E-state index contributed by atoms with van der Waals surface area (Å²) < 4.78 is 6.69. The lowest BCUT2D eigenvalue weighted by Crippen LogP contribution is -2.25. The third-order valence-electron chi connectivity index (χ3n) is 3.18. The number of benzene rings is 1. The zero-order chi connectivity index (χ0) is 16.1. The molecule has 0 aliphatic carbocycles. The van der Waals surface area contributed by atoms with Gasteiger partial charge in [-0.25, -0.2) is 0 Å². The Hall–Kier alpha value is -1.72. The smallest absolute Gasteiger partial charge is 0.251 e. The third kappa shape index (κ3) is 3.93. The van der Waals surface area contributed by atoms with E-state index in [9.17, 15) is 4.79 Å². The van der Waals surface area contributed by atoms with Gasteiger partial charge in [-0.15, -0.1) is 0 Å². The van der Waals surface area contributed by atoms with Crippen molar-refractivity contribution in [1.29, 1.82) is 0 Å². The van der Waals surface area contributed by atoms with Crippen LogP contribution in [0.1, 0.15) is 22.5 Å². The first-order chi connectivity index (χ1) is 10.5. The Morgan fingerprint density at radius 3 is 2.55 bits per heavy atom. The second-order valence-electron chi connectivity index (χ2n) is 4.75. The number of hydrogen-bond acceptors (Lipinski definition) is 3. The number of nitrogens with one attached hydrogen (secondary N) is 1. The summed E-state index contributed by atoms with van der Waals surface area (Å²) in [5.41, 5.74) is 1.30. The standard InChI is InChI=1S/C15H17Cl2N3O2/c1-10-13(16)14(17)20(19-10)9-3-8-18-15(21)11-4-6-12(22-2)7-5-11/h4-7H,3,8-9H2,1-2H3,(H,18,21). The molecule has 1 aromatic carbocycles. The van der Waals surface area contributed by atoms with Gasteiger partial charge >= 0.3 is 0 Å². The number of carbonyl (C=O) groups excluding carboxylic acids is 1. The molecule has 1 amide bonds. The van der Waals surface area contributed by atoms with Gasteiger partial charge in [0.25, 0.3) is 5.91 Å². The quantitative estimate of drug-likeness (QED) is 0.820. The van der Waals surface area contributed by atoms with Crippen molar-refractivity contribution < 1.29 is 9.53 Å². The number of nitrogens with zero attached hydrogens (tertiary/aromatic N) is 2. The fourth-order valence-corrected chi connectivity index (χ4v) is 2.35. The fourth-order valence-electron chi connectivity index (χ4n) is 1.95. The summed E-state index contributed by atoms with van der Waals surface area (Å²) in [5.74, 6) is 0.598. The first kappa shape index (κ1) is 16.6. The van der Waals surface area contributed by atoms with Crippen LogP contribution in [-0.2, 0) is 6.54 Å². The Balaban J connectivity index is 1.80. The number of amides is 1. The van der Waals surface area contributed by atoms with E-state index in [0.717, 1.165) is 5.75 Å². The maximum atomic E-state index is 12.0. The van der Waals surface area contributed by atoms with Crippen LogP contribution in [0.5, 0.6) is 5.75 Å². The first-order valence-electron chi connectivity index (χ1n) is 6.83. The molecule has 118 valence electrons. The number of carbonyl (C=O) groups is 1. The summed E-state index contributed by atoms with van der Waals surface area (Å²) >= 11 is 12.0. The van der Waals surface area contributed by atoms with E-state index in [2.05, 4.69) is 10.4 Å². The molecule has 1 heterocycles. The zero-order valence-corrected chi connectivity index (χ0v) is 13.9. The summed E-state index contributed by atoms with van der Waals surface area (Å²) in [7, 11) is 1.59. The number of aromatic nitrogens is 2. The van der Waals surface area contributed by atoms with Gasteiger partial charge in [0.2, 0.25) is 0 Å². The Morgan fingerprint density at radius 1 is 1.32 bits per heavy atom. The van der Waals surface area contributed by atoms with E-state index in [4.69, 9.17) is 27.9 Å². The van der Waals surface area contributed by atoms with Crippen molar-refractivity contribution in [1.82, 2.24) is 15.1 Å². The van der Waals surface area contributed by atoms with Crippen molar-refractivity contribution in [2.24, 2.45) is 0 Å². The van der Waals surface area contributed by atoms with E-state index in [-0.39, 0.29) is 5.91 Å². The van der Waals surface area contributed by atoms with Crippen LogP contribution in [0.2, 0.25) is 10.2 Å². The molecule has 1 N–H and O–H groups in total. The average Bonchev–Trinajstić information content (AvgIpc) is 2.78. The number of hydrogen-bond donors (Lipinski definition) is 1. The molecule has 0 saturated heterocycles. The van der Waals surface area contributed by atoms with Crippen molar-refractivity contribution in [2.75, 3.05) is 13.7 Å². The molecule has 0 atom stereocenters. The minimum Gasteiger partial charge on any atom is -0.497 e. The monoisotopic (exact) mass is 341 g/mol. The van der Waals surface area contributed by atoms with Crippen LogP contribution in [0.4, 0.5) is 0 Å². The van der Waals surface area contributed by atoms with E-state index in [1.807, 2.05) is 0 Å². The molecule has 0 unspecified atom stereocenters. The zero-order valence-electron chi connectivity index (χ0n) is 12.4. The van der Waals surface area contributed by atoms with E-state index >= 15 is 0 Å². The van der Waals surface area contributed by atoms with Gasteiger partial charge in [0.15, 0.2) is 0 Å². The average molecular weight is 342 g/mol. The number of methoxy groups -OCH3 is 1. The molecule has 0 radical (unpaired) electrons.